The van der Waals surface area contributed by atoms with Crippen LogP contribution in [0, 0.1) is 12.8 Å². The summed E-state index contributed by atoms with van der Waals surface area (Å²) in [7, 11) is 0. The summed E-state index contributed by atoms with van der Waals surface area (Å²) in [5.74, 6) is -3.61. The minimum atomic E-state index is -3.13. The van der Waals surface area contributed by atoms with Crippen LogP contribution in [0.5, 0.6) is 0 Å². The third-order valence-electron chi connectivity index (χ3n) is 3.16. The molecule has 24 heavy (non-hydrogen) atoms. The number of amides is 2. The standard InChI is InChI=1S/C16H23F2N3O2.ClH/c1-10(2)6-14(22)21-13-5-4-12(7-11(13)3)15(23)20-9-16(17,18)8-19;/h4-5,7,10H,6,8-9,19H2,1-3H3,(H,20,23)(H,21,22);1H. The van der Waals surface area contributed by atoms with Crippen LogP contribution in [-0.2, 0) is 4.79 Å². The predicted molar refractivity (Wildman–Crippen MR) is 92.8 cm³/mol. The molecule has 0 aliphatic heterocycles. The molecule has 8 heteroatoms. The van der Waals surface area contributed by atoms with Crippen LogP contribution in [0.3, 0.4) is 0 Å². The van der Waals surface area contributed by atoms with Crippen LogP contribution in [0.2, 0.25) is 0 Å². The number of halogens is 3. The number of aryl methyl sites for hydroxylation is 1. The smallest absolute Gasteiger partial charge is 0.277 e. The number of nitrogens with two attached hydrogens (primary N) is 1. The number of nitrogens with one attached hydrogen (secondary N) is 2. The summed E-state index contributed by atoms with van der Waals surface area (Å²) in [6, 6.07) is 4.61. The van der Waals surface area contributed by atoms with Crippen LogP contribution in [0.4, 0.5) is 14.5 Å². The number of hydrogen-bond acceptors (Lipinski definition) is 3. The molecule has 0 heterocycles. The third-order valence-corrected chi connectivity index (χ3v) is 3.16. The zero-order chi connectivity index (χ0) is 17.6. The topological polar surface area (TPSA) is 84.2 Å². The van der Waals surface area contributed by atoms with Crippen LogP contribution in [0.15, 0.2) is 18.2 Å². The van der Waals surface area contributed by atoms with Gasteiger partial charge < -0.3 is 16.4 Å². The summed E-state index contributed by atoms with van der Waals surface area (Å²) < 4.78 is 26.1. The Bertz CT molecular complexity index is 580. The van der Waals surface area contributed by atoms with Crippen molar-refractivity contribution in [3.05, 3.63) is 29.3 Å². The van der Waals surface area contributed by atoms with E-state index in [1.807, 2.05) is 13.8 Å². The average molecular weight is 364 g/mol. The first-order chi connectivity index (χ1) is 10.6. The maximum atomic E-state index is 13.0. The van der Waals surface area contributed by atoms with Crippen LogP contribution in [-0.4, -0.2) is 30.8 Å². The maximum Gasteiger partial charge on any atom is 0.277 e. The fourth-order valence-corrected chi connectivity index (χ4v) is 1.90. The molecule has 0 unspecified atom stereocenters. The normalized spacial score (nSPS) is 11.0. The quantitative estimate of drug-likeness (QED) is 0.696. The zero-order valence-corrected chi connectivity index (χ0v) is 14.8. The Morgan fingerprint density at radius 1 is 1.29 bits per heavy atom. The number of benzene rings is 1. The molecule has 0 aromatic heterocycles. The van der Waals surface area contributed by atoms with Gasteiger partial charge in [0.25, 0.3) is 11.8 Å². The molecule has 5 nitrogen and oxygen atoms in total. The summed E-state index contributed by atoms with van der Waals surface area (Å²) in [6.45, 7) is 3.98. The van der Waals surface area contributed by atoms with Gasteiger partial charge in [0.1, 0.15) is 0 Å². The van der Waals surface area contributed by atoms with Crippen LogP contribution in [0.25, 0.3) is 0 Å². The molecule has 0 saturated carbocycles. The molecule has 1 rings (SSSR count). The Morgan fingerprint density at radius 3 is 2.42 bits per heavy atom. The third kappa shape index (κ3) is 7.23. The summed E-state index contributed by atoms with van der Waals surface area (Å²) in [6.07, 6.45) is 0.399. The van der Waals surface area contributed by atoms with Gasteiger partial charge in [-0.2, -0.15) is 0 Å². The lowest BCUT2D eigenvalue weighted by Gasteiger charge is -2.15. The van der Waals surface area contributed by atoms with Gasteiger partial charge in [0.15, 0.2) is 0 Å². The fourth-order valence-electron chi connectivity index (χ4n) is 1.90. The van der Waals surface area contributed by atoms with Crippen LogP contribution in [0.1, 0.15) is 36.2 Å². The monoisotopic (exact) mass is 363 g/mol. The lowest BCUT2D eigenvalue weighted by molar-refractivity contribution is -0.116. The van der Waals surface area contributed by atoms with Crippen LogP contribution < -0.4 is 16.4 Å². The van der Waals surface area contributed by atoms with E-state index in [0.717, 1.165) is 0 Å². The van der Waals surface area contributed by atoms with Crippen molar-refractivity contribution in [1.82, 2.24) is 5.32 Å². The van der Waals surface area contributed by atoms with Crippen molar-refractivity contribution in [3.63, 3.8) is 0 Å². The molecule has 1 aromatic rings. The Morgan fingerprint density at radius 2 is 1.92 bits per heavy atom. The molecule has 1 aromatic carbocycles. The molecule has 0 aliphatic carbocycles. The predicted octanol–water partition coefficient (Wildman–Crippen LogP) is 2.73. The number of hydrogen-bond donors (Lipinski definition) is 3. The molecule has 0 radical (unpaired) electrons. The highest BCUT2D eigenvalue weighted by molar-refractivity contribution is 5.96. The van der Waals surface area contributed by atoms with E-state index in [9.17, 15) is 18.4 Å². The van der Waals surface area contributed by atoms with Gasteiger partial charge in [-0.15, -0.1) is 12.4 Å². The van der Waals surface area contributed by atoms with Gasteiger partial charge in [-0.3, -0.25) is 9.59 Å². The van der Waals surface area contributed by atoms with Gasteiger partial charge in [-0.25, -0.2) is 8.78 Å². The Balaban J connectivity index is 0.00000529. The van der Waals surface area contributed by atoms with E-state index in [-0.39, 0.29) is 29.8 Å². The number of anilines is 1. The second-order valence-corrected chi connectivity index (χ2v) is 5.92. The first kappa shape index (κ1) is 22.3. The van der Waals surface area contributed by atoms with E-state index >= 15 is 0 Å². The minimum absolute atomic E-state index is 0. The Labute approximate surface area is 146 Å². The minimum Gasteiger partial charge on any atom is -0.346 e. The fraction of sp³-hybridized carbons (Fsp3) is 0.500. The van der Waals surface area contributed by atoms with Crippen molar-refractivity contribution in [2.75, 3.05) is 18.4 Å². The molecule has 0 bridgehead atoms. The summed E-state index contributed by atoms with van der Waals surface area (Å²) in [4.78, 5) is 23.6. The van der Waals surface area contributed by atoms with Crippen LogP contribution >= 0.6 is 12.4 Å². The summed E-state index contributed by atoms with van der Waals surface area (Å²) >= 11 is 0. The van der Waals surface area contributed by atoms with E-state index in [2.05, 4.69) is 10.6 Å². The van der Waals surface area contributed by atoms with Crippen molar-refractivity contribution < 1.29 is 18.4 Å². The second-order valence-electron chi connectivity index (χ2n) is 5.92. The van der Waals surface area contributed by atoms with Crippen molar-refractivity contribution in [2.24, 2.45) is 11.7 Å². The first-order valence-corrected chi connectivity index (χ1v) is 7.41. The number of carbonyl (C=O) groups is 2. The summed E-state index contributed by atoms with van der Waals surface area (Å²) in [5, 5.41) is 4.91. The van der Waals surface area contributed by atoms with E-state index in [4.69, 9.17) is 5.73 Å². The highest BCUT2D eigenvalue weighted by Gasteiger charge is 2.27. The Hall–Kier alpha value is -1.73. The van der Waals surface area contributed by atoms with Crippen molar-refractivity contribution in [3.8, 4) is 0 Å². The van der Waals surface area contributed by atoms with E-state index in [1.165, 1.54) is 6.07 Å². The molecular weight excluding hydrogens is 340 g/mol. The molecule has 0 spiro atoms. The molecule has 136 valence electrons. The number of carbonyl (C=O) groups excluding carboxylic acids is 2. The van der Waals surface area contributed by atoms with Gasteiger partial charge in [-0.1, -0.05) is 13.8 Å². The van der Waals surface area contributed by atoms with E-state index < -0.39 is 24.9 Å². The van der Waals surface area contributed by atoms with E-state index in [1.54, 1.807) is 19.1 Å². The van der Waals surface area contributed by atoms with Crippen molar-refractivity contribution in [1.29, 1.82) is 0 Å². The largest absolute Gasteiger partial charge is 0.346 e. The molecule has 4 N–H and O–H groups in total. The zero-order valence-electron chi connectivity index (χ0n) is 14.0. The molecule has 0 saturated heterocycles. The number of alkyl halides is 2. The van der Waals surface area contributed by atoms with Gasteiger partial charge in [-0.05, 0) is 36.6 Å². The highest BCUT2D eigenvalue weighted by atomic mass is 35.5. The van der Waals surface area contributed by atoms with Gasteiger partial charge in [0, 0.05) is 17.7 Å². The Kier molecular flexibility index (Phi) is 8.85. The van der Waals surface area contributed by atoms with Gasteiger partial charge in [0.2, 0.25) is 5.91 Å². The van der Waals surface area contributed by atoms with Crippen molar-refractivity contribution in [2.45, 2.75) is 33.1 Å². The first-order valence-electron chi connectivity index (χ1n) is 7.41. The average Bonchev–Trinajstić information content (AvgIpc) is 2.46. The number of rotatable bonds is 7. The molecule has 2 amide bonds. The maximum absolute atomic E-state index is 13.0. The second kappa shape index (κ2) is 9.54. The van der Waals surface area contributed by atoms with Gasteiger partial charge in [0.05, 0.1) is 13.1 Å². The molecular formula is C16H24ClF2N3O2. The molecule has 0 fully saturated rings. The molecule has 0 atom stereocenters. The summed E-state index contributed by atoms with van der Waals surface area (Å²) in [5.41, 5.74) is 6.44. The molecule has 0 aliphatic rings. The van der Waals surface area contributed by atoms with E-state index in [0.29, 0.717) is 17.7 Å². The van der Waals surface area contributed by atoms with Gasteiger partial charge >= 0.3 is 0 Å². The SMILES string of the molecule is Cc1cc(C(=O)NCC(F)(F)CN)ccc1NC(=O)CC(C)C.Cl. The highest BCUT2D eigenvalue weighted by Crippen LogP contribution is 2.18. The lowest BCUT2D eigenvalue weighted by Crippen LogP contribution is -2.41. The lowest BCUT2D eigenvalue weighted by atomic mass is 10.1. The van der Waals surface area contributed by atoms with Crippen molar-refractivity contribution >= 4 is 29.9 Å².